The van der Waals surface area contributed by atoms with Crippen molar-refractivity contribution in [1.29, 1.82) is 0 Å². The van der Waals surface area contributed by atoms with Gasteiger partial charge in [-0.15, -0.1) is 0 Å². The summed E-state index contributed by atoms with van der Waals surface area (Å²) in [4.78, 5) is 27.7. The van der Waals surface area contributed by atoms with Gasteiger partial charge in [0.25, 0.3) is 5.69 Å². The maximum Gasteiger partial charge on any atom is 0.433 e. The zero-order valence-corrected chi connectivity index (χ0v) is 11.5. The van der Waals surface area contributed by atoms with E-state index in [0.717, 1.165) is 10.8 Å². The molecule has 0 aliphatic rings. The lowest BCUT2D eigenvalue weighted by molar-refractivity contribution is -0.393. The van der Waals surface area contributed by atoms with Crippen LogP contribution in [0.3, 0.4) is 0 Å². The van der Waals surface area contributed by atoms with Crippen LogP contribution in [-0.4, -0.2) is 19.8 Å². The minimum Gasteiger partial charge on any atom is -0.390 e. The maximum absolute atomic E-state index is 11.5. The van der Waals surface area contributed by atoms with Crippen molar-refractivity contribution in [2.45, 2.75) is 0 Å². The van der Waals surface area contributed by atoms with Crippen LogP contribution in [0.25, 0.3) is 32.6 Å². The predicted molar refractivity (Wildman–Crippen MR) is 84.4 cm³/mol. The van der Waals surface area contributed by atoms with E-state index >= 15 is 0 Å². The predicted octanol–water partition coefficient (Wildman–Crippen LogP) is 3.69. The van der Waals surface area contributed by atoms with Crippen LogP contribution in [-0.2, 0) is 0 Å². The number of H-pyrrole nitrogens is 1. The van der Waals surface area contributed by atoms with Gasteiger partial charge in [0.1, 0.15) is 10.9 Å². The highest BCUT2D eigenvalue weighted by Gasteiger charge is 2.23. The van der Waals surface area contributed by atoms with E-state index in [0.29, 0.717) is 16.3 Å². The second kappa shape index (κ2) is 4.47. The number of non-ortho nitro benzene ring substituents is 1. The topological polar surface area (TPSA) is 115 Å². The van der Waals surface area contributed by atoms with Crippen molar-refractivity contribution in [1.82, 2.24) is 9.97 Å². The molecule has 0 bridgehead atoms. The number of aromatic amines is 1. The molecule has 112 valence electrons. The standard InChI is InChI=1S/C15H8N4O4/c20-18(21)12-7-8-3-1-2-4-9(8)10-5-6-11-14(13(10)12)17-15(16-11)19(22)23/h1-7H,(H,16,17). The first-order valence-corrected chi connectivity index (χ1v) is 6.69. The number of rotatable bonds is 2. The van der Waals surface area contributed by atoms with Gasteiger partial charge in [-0.3, -0.25) is 10.1 Å². The van der Waals surface area contributed by atoms with Gasteiger partial charge in [-0.1, -0.05) is 29.2 Å². The first kappa shape index (κ1) is 13.1. The summed E-state index contributed by atoms with van der Waals surface area (Å²) >= 11 is 0. The number of nitro groups is 2. The molecule has 1 heterocycles. The largest absolute Gasteiger partial charge is 0.433 e. The van der Waals surface area contributed by atoms with Crippen molar-refractivity contribution in [3.8, 4) is 0 Å². The Hall–Kier alpha value is -3.55. The number of hydrogen-bond donors (Lipinski definition) is 1. The Labute approximate surface area is 127 Å². The van der Waals surface area contributed by atoms with Crippen molar-refractivity contribution in [2.24, 2.45) is 0 Å². The Morgan fingerprint density at radius 1 is 0.957 bits per heavy atom. The Bertz CT molecular complexity index is 1130. The second-order valence-electron chi connectivity index (χ2n) is 5.08. The molecule has 0 aliphatic carbocycles. The summed E-state index contributed by atoms with van der Waals surface area (Å²) in [6.07, 6.45) is 0. The Balaban J connectivity index is 2.28. The fraction of sp³-hybridized carbons (Fsp3) is 0. The average molecular weight is 308 g/mol. The first-order valence-electron chi connectivity index (χ1n) is 6.69. The maximum atomic E-state index is 11.5. The molecule has 8 nitrogen and oxygen atoms in total. The van der Waals surface area contributed by atoms with Gasteiger partial charge in [0.05, 0.1) is 4.92 Å². The van der Waals surface area contributed by atoms with Crippen LogP contribution in [0.5, 0.6) is 0 Å². The van der Waals surface area contributed by atoms with Crippen molar-refractivity contribution in [3.05, 3.63) is 62.7 Å². The highest BCUT2D eigenvalue weighted by molar-refractivity contribution is 6.19. The number of nitrogens with one attached hydrogen (secondary N) is 1. The summed E-state index contributed by atoms with van der Waals surface area (Å²) in [7, 11) is 0. The third-order valence-electron chi connectivity index (χ3n) is 3.81. The molecule has 4 rings (SSSR count). The number of hydrogen-bond acceptors (Lipinski definition) is 5. The van der Waals surface area contributed by atoms with E-state index in [2.05, 4.69) is 9.97 Å². The summed E-state index contributed by atoms with van der Waals surface area (Å²) in [5.74, 6) is -0.435. The van der Waals surface area contributed by atoms with Crippen molar-refractivity contribution in [2.75, 3.05) is 0 Å². The SMILES string of the molecule is O=[N+]([O-])c1nc2c(ccc3c4ccccc4cc([N+](=O)[O-])c32)[nH]1. The summed E-state index contributed by atoms with van der Waals surface area (Å²) in [6.45, 7) is 0. The molecular formula is C15H8N4O4. The van der Waals surface area contributed by atoms with Crippen molar-refractivity contribution < 1.29 is 9.85 Å². The van der Waals surface area contributed by atoms with Gasteiger partial charge in [-0.25, -0.2) is 4.98 Å². The van der Waals surface area contributed by atoms with Gasteiger partial charge >= 0.3 is 5.95 Å². The van der Waals surface area contributed by atoms with Gasteiger partial charge in [-0.2, -0.15) is 0 Å². The third-order valence-corrected chi connectivity index (χ3v) is 3.81. The van der Waals surface area contributed by atoms with Crippen LogP contribution in [0.2, 0.25) is 0 Å². The molecule has 0 amide bonds. The molecule has 1 aromatic heterocycles. The van der Waals surface area contributed by atoms with E-state index in [1.807, 2.05) is 12.1 Å². The minimum atomic E-state index is -0.654. The van der Waals surface area contributed by atoms with E-state index in [9.17, 15) is 20.2 Å². The molecule has 0 fully saturated rings. The summed E-state index contributed by atoms with van der Waals surface area (Å²) in [6, 6.07) is 12.1. The van der Waals surface area contributed by atoms with Crippen LogP contribution < -0.4 is 0 Å². The molecule has 0 radical (unpaired) electrons. The number of benzene rings is 3. The molecule has 8 heteroatoms. The van der Waals surface area contributed by atoms with Gasteiger partial charge in [0, 0.05) is 11.5 Å². The third kappa shape index (κ3) is 1.81. The van der Waals surface area contributed by atoms with Crippen molar-refractivity contribution in [3.63, 3.8) is 0 Å². The molecule has 0 atom stereocenters. The molecule has 3 aromatic carbocycles. The normalized spacial score (nSPS) is 11.3. The molecule has 4 aromatic rings. The molecule has 0 aliphatic heterocycles. The highest BCUT2D eigenvalue weighted by atomic mass is 16.6. The number of fused-ring (bicyclic) bond motifs is 5. The zero-order valence-electron chi connectivity index (χ0n) is 11.5. The second-order valence-corrected chi connectivity index (χ2v) is 5.08. The van der Waals surface area contributed by atoms with Gasteiger partial charge < -0.3 is 10.1 Å². The van der Waals surface area contributed by atoms with Gasteiger partial charge in [0.15, 0.2) is 5.52 Å². The van der Waals surface area contributed by atoms with Crippen LogP contribution >= 0.6 is 0 Å². The molecule has 23 heavy (non-hydrogen) atoms. The van der Waals surface area contributed by atoms with E-state index in [1.165, 1.54) is 6.07 Å². The molecule has 0 saturated heterocycles. The van der Waals surface area contributed by atoms with Crippen LogP contribution in [0.15, 0.2) is 42.5 Å². The average Bonchev–Trinajstić information content (AvgIpc) is 2.98. The molecule has 0 spiro atoms. The number of aromatic nitrogens is 2. The summed E-state index contributed by atoms with van der Waals surface area (Å²) in [5.41, 5.74) is 0.500. The summed E-state index contributed by atoms with van der Waals surface area (Å²) < 4.78 is 0. The number of nitro benzene ring substituents is 1. The fourth-order valence-electron chi connectivity index (χ4n) is 2.86. The number of nitrogens with zero attached hydrogens (tertiary/aromatic N) is 3. The van der Waals surface area contributed by atoms with Crippen LogP contribution in [0.4, 0.5) is 11.6 Å². The first-order chi connectivity index (χ1) is 11.1. The lowest BCUT2D eigenvalue weighted by Gasteiger charge is -2.04. The zero-order chi connectivity index (χ0) is 16.1. The Morgan fingerprint density at radius 3 is 2.48 bits per heavy atom. The Kier molecular flexibility index (Phi) is 2.55. The van der Waals surface area contributed by atoms with Crippen molar-refractivity contribution >= 4 is 44.2 Å². The van der Waals surface area contributed by atoms with E-state index in [-0.39, 0.29) is 11.2 Å². The van der Waals surface area contributed by atoms with E-state index in [4.69, 9.17) is 0 Å². The smallest absolute Gasteiger partial charge is 0.390 e. The lowest BCUT2D eigenvalue weighted by atomic mass is 9.99. The van der Waals surface area contributed by atoms with E-state index < -0.39 is 15.8 Å². The Morgan fingerprint density at radius 2 is 1.74 bits per heavy atom. The highest BCUT2D eigenvalue weighted by Crippen LogP contribution is 2.37. The molecule has 0 saturated carbocycles. The molecular weight excluding hydrogens is 300 g/mol. The molecule has 0 unspecified atom stereocenters. The quantitative estimate of drug-likeness (QED) is 0.344. The van der Waals surface area contributed by atoms with E-state index in [1.54, 1.807) is 24.3 Å². The van der Waals surface area contributed by atoms with Gasteiger partial charge in [-0.05, 0) is 27.8 Å². The minimum absolute atomic E-state index is 0.120. The van der Waals surface area contributed by atoms with Crippen LogP contribution in [0.1, 0.15) is 0 Å². The monoisotopic (exact) mass is 308 g/mol. The van der Waals surface area contributed by atoms with Crippen LogP contribution in [0, 0.1) is 20.2 Å². The lowest BCUT2D eigenvalue weighted by Crippen LogP contribution is -1.92. The fourth-order valence-corrected chi connectivity index (χ4v) is 2.86. The summed E-state index contributed by atoms with van der Waals surface area (Å²) in [5, 5.41) is 24.9. The van der Waals surface area contributed by atoms with Gasteiger partial charge in [0.2, 0.25) is 0 Å². The molecule has 1 N–H and O–H groups in total. The number of imidazole rings is 1.